The lowest BCUT2D eigenvalue weighted by molar-refractivity contribution is -0.109. The van der Waals surface area contributed by atoms with Crippen molar-refractivity contribution in [2.45, 2.75) is 25.0 Å². The molecule has 0 bridgehead atoms. The van der Waals surface area contributed by atoms with Gasteiger partial charge < -0.3 is 15.7 Å². The van der Waals surface area contributed by atoms with Crippen molar-refractivity contribution in [1.82, 2.24) is 10.6 Å². The van der Waals surface area contributed by atoms with Crippen LogP contribution in [0.3, 0.4) is 0 Å². The maximum atomic E-state index is 10.0. The van der Waals surface area contributed by atoms with E-state index < -0.39 is 6.10 Å². The van der Waals surface area contributed by atoms with Crippen molar-refractivity contribution in [3.8, 4) is 0 Å². The van der Waals surface area contributed by atoms with Gasteiger partial charge in [0.1, 0.15) is 0 Å². The van der Waals surface area contributed by atoms with E-state index in [1.54, 1.807) is 0 Å². The Bertz CT molecular complexity index is 381. The summed E-state index contributed by atoms with van der Waals surface area (Å²) >= 11 is 0. The molecular weight excluding hydrogens is 216 g/mol. The van der Waals surface area contributed by atoms with Crippen LogP contribution in [0.5, 0.6) is 0 Å². The number of carbonyl (C=O) groups excluding carboxylic acids is 1. The Hall–Kier alpha value is -1.39. The summed E-state index contributed by atoms with van der Waals surface area (Å²) in [6.07, 6.45) is 1.87. The van der Waals surface area contributed by atoms with Crippen LogP contribution >= 0.6 is 0 Å². The number of aliphatic hydroxyl groups excluding tert-OH is 1. The van der Waals surface area contributed by atoms with E-state index in [0.29, 0.717) is 32.0 Å². The van der Waals surface area contributed by atoms with Gasteiger partial charge in [-0.3, -0.25) is 4.79 Å². The molecule has 0 saturated heterocycles. The fourth-order valence-electron chi connectivity index (χ4n) is 2.13. The summed E-state index contributed by atoms with van der Waals surface area (Å²) in [6.45, 7) is 1.09. The van der Waals surface area contributed by atoms with Crippen LogP contribution in [0, 0.1) is 0 Å². The second-order valence-corrected chi connectivity index (χ2v) is 4.38. The molecule has 4 nitrogen and oxygen atoms in total. The summed E-state index contributed by atoms with van der Waals surface area (Å²) in [5, 5.41) is 15.6. The van der Waals surface area contributed by atoms with E-state index in [9.17, 15) is 9.90 Å². The summed E-state index contributed by atoms with van der Waals surface area (Å²) in [4.78, 5) is 10.0. The summed E-state index contributed by atoms with van der Waals surface area (Å²) in [6, 6.07) is 8.72. The van der Waals surface area contributed by atoms with Crippen LogP contribution in [0.1, 0.15) is 23.6 Å². The monoisotopic (exact) mass is 234 g/mol. The third-order valence-electron chi connectivity index (χ3n) is 3.16. The molecule has 0 heterocycles. The van der Waals surface area contributed by atoms with Crippen LogP contribution in [0.2, 0.25) is 0 Å². The van der Waals surface area contributed by atoms with Gasteiger partial charge >= 0.3 is 0 Å². The number of nitrogens with one attached hydrogen (secondary N) is 2. The Morgan fingerprint density at radius 3 is 3.06 bits per heavy atom. The zero-order valence-corrected chi connectivity index (χ0v) is 9.73. The molecule has 2 unspecified atom stereocenters. The van der Waals surface area contributed by atoms with Crippen LogP contribution in [-0.2, 0) is 11.2 Å². The Balaban J connectivity index is 1.69. The van der Waals surface area contributed by atoms with E-state index in [2.05, 4.69) is 28.8 Å². The number of fused-ring (bicyclic) bond motifs is 1. The van der Waals surface area contributed by atoms with E-state index in [0.717, 1.165) is 6.42 Å². The van der Waals surface area contributed by atoms with E-state index in [4.69, 9.17) is 0 Å². The average Bonchev–Trinajstić information content (AvgIpc) is 2.31. The molecule has 0 spiro atoms. The van der Waals surface area contributed by atoms with Gasteiger partial charge in [0.15, 0.2) is 0 Å². The molecule has 3 N–H and O–H groups in total. The average molecular weight is 234 g/mol. The minimum absolute atomic E-state index is 0.375. The van der Waals surface area contributed by atoms with Gasteiger partial charge in [-0.15, -0.1) is 0 Å². The first-order valence-electron chi connectivity index (χ1n) is 5.97. The molecule has 1 aromatic carbocycles. The fraction of sp³-hybridized carbons (Fsp3) is 0.462. The summed E-state index contributed by atoms with van der Waals surface area (Å²) in [7, 11) is 0. The quantitative estimate of drug-likeness (QED) is 0.472. The van der Waals surface area contributed by atoms with Crippen molar-refractivity contribution in [3.05, 3.63) is 35.4 Å². The zero-order chi connectivity index (χ0) is 12.1. The lowest BCUT2D eigenvalue weighted by atomic mass is 9.83. The normalized spacial score (nSPS) is 19.0. The van der Waals surface area contributed by atoms with Crippen molar-refractivity contribution < 1.29 is 9.90 Å². The van der Waals surface area contributed by atoms with E-state index >= 15 is 0 Å². The third kappa shape index (κ3) is 3.05. The van der Waals surface area contributed by atoms with E-state index in [1.807, 2.05) is 6.07 Å². The van der Waals surface area contributed by atoms with Gasteiger partial charge in [0.25, 0.3) is 0 Å². The summed E-state index contributed by atoms with van der Waals surface area (Å²) in [5.74, 6) is 0. The van der Waals surface area contributed by atoms with Crippen LogP contribution in [0.4, 0.5) is 0 Å². The highest BCUT2D eigenvalue weighted by Gasteiger charge is 2.24. The Labute approximate surface area is 101 Å². The lowest BCUT2D eigenvalue weighted by Crippen LogP contribution is -2.37. The molecule has 0 aliphatic heterocycles. The SMILES string of the molecule is O=CNCCC(O)CNC1Cc2ccccc21. The van der Waals surface area contributed by atoms with Crippen LogP contribution in [-0.4, -0.2) is 30.7 Å². The highest BCUT2D eigenvalue weighted by atomic mass is 16.3. The van der Waals surface area contributed by atoms with Gasteiger partial charge in [0, 0.05) is 19.1 Å². The predicted molar refractivity (Wildman–Crippen MR) is 65.6 cm³/mol. The molecule has 0 fully saturated rings. The van der Waals surface area contributed by atoms with Crippen molar-refractivity contribution in [2.75, 3.05) is 13.1 Å². The molecule has 0 aromatic heterocycles. The van der Waals surface area contributed by atoms with Crippen molar-refractivity contribution in [2.24, 2.45) is 0 Å². The van der Waals surface area contributed by atoms with Gasteiger partial charge in [0.05, 0.1) is 6.10 Å². The predicted octanol–water partition coefficient (Wildman–Crippen LogP) is 0.370. The van der Waals surface area contributed by atoms with E-state index in [-0.39, 0.29) is 0 Å². The number of carbonyl (C=O) groups is 1. The van der Waals surface area contributed by atoms with Crippen LogP contribution < -0.4 is 10.6 Å². The number of hydrogen-bond donors (Lipinski definition) is 3. The molecular formula is C13H18N2O2. The summed E-state index contributed by atoms with van der Waals surface area (Å²) in [5.41, 5.74) is 2.73. The van der Waals surface area contributed by atoms with Crippen molar-refractivity contribution >= 4 is 6.41 Å². The van der Waals surface area contributed by atoms with Gasteiger partial charge in [-0.25, -0.2) is 0 Å². The molecule has 0 saturated carbocycles. The number of amides is 1. The Morgan fingerprint density at radius 2 is 2.29 bits per heavy atom. The molecule has 1 aromatic rings. The van der Waals surface area contributed by atoms with E-state index in [1.165, 1.54) is 11.1 Å². The minimum atomic E-state index is -0.407. The summed E-state index contributed by atoms with van der Waals surface area (Å²) < 4.78 is 0. The lowest BCUT2D eigenvalue weighted by Gasteiger charge is -2.31. The maximum Gasteiger partial charge on any atom is 0.207 e. The molecule has 2 rings (SSSR count). The first-order chi connectivity index (χ1) is 8.31. The first kappa shape index (κ1) is 12.1. The van der Waals surface area contributed by atoms with Crippen LogP contribution in [0.25, 0.3) is 0 Å². The highest BCUT2D eigenvalue weighted by molar-refractivity contribution is 5.45. The second-order valence-electron chi connectivity index (χ2n) is 4.38. The number of rotatable bonds is 7. The molecule has 4 heteroatoms. The van der Waals surface area contributed by atoms with Gasteiger partial charge in [-0.1, -0.05) is 24.3 Å². The number of aliphatic hydroxyl groups is 1. The molecule has 17 heavy (non-hydrogen) atoms. The van der Waals surface area contributed by atoms with Crippen LogP contribution in [0.15, 0.2) is 24.3 Å². The Kier molecular flexibility index (Phi) is 4.12. The zero-order valence-electron chi connectivity index (χ0n) is 9.73. The van der Waals surface area contributed by atoms with Crippen molar-refractivity contribution in [1.29, 1.82) is 0 Å². The number of hydrogen-bond acceptors (Lipinski definition) is 3. The molecule has 0 radical (unpaired) electrons. The number of benzene rings is 1. The first-order valence-corrected chi connectivity index (χ1v) is 5.97. The molecule has 1 aliphatic carbocycles. The fourth-order valence-corrected chi connectivity index (χ4v) is 2.13. The van der Waals surface area contributed by atoms with Gasteiger partial charge in [-0.2, -0.15) is 0 Å². The minimum Gasteiger partial charge on any atom is -0.392 e. The maximum absolute atomic E-state index is 10.0. The van der Waals surface area contributed by atoms with Gasteiger partial charge in [0.2, 0.25) is 6.41 Å². The topological polar surface area (TPSA) is 61.4 Å². The molecule has 1 amide bonds. The second kappa shape index (κ2) is 5.80. The van der Waals surface area contributed by atoms with Crippen molar-refractivity contribution in [3.63, 3.8) is 0 Å². The largest absolute Gasteiger partial charge is 0.392 e. The molecule has 1 aliphatic rings. The highest BCUT2D eigenvalue weighted by Crippen LogP contribution is 2.32. The smallest absolute Gasteiger partial charge is 0.207 e. The standard InChI is InChI=1S/C13H18N2O2/c16-9-14-6-5-11(17)8-15-13-7-10-3-1-2-4-12(10)13/h1-4,9,11,13,15,17H,5-8H2,(H,14,16). The molecule has 2 atom stereocenters. The third-order valence-corrected chi connectivity index (χ3v) is 3.16. The Morgan fingerprint density at radius 1 is 1.47 bits per heavy atom. The van der Waals surface area contributed by atoms with Gasteiger partial charge in [-0.05, 0) is 24.0 Å². The molecule has 92 valence electrons.